The Morgan fingerprint density at radius 1 is 0.344 bits per heavy atom. The second kappa shape index (κ2) is 49.0. The Labute approximate surface area is 375 Å². The maximum Gasteiger partial charge on any atom is 0.306 e. The highest BCUT2D eigenvalue weighted by Gasteiger charge is 2.19. The molecule has 0 saturated carbocycles. The van der Waals surface area contributed by atoms with Gasteiger partial charge in [-0.15, -0.1) is 0 Å². The van der Waals surface area contributed by atoms with Crippen LogP contribution in [0.2, 0.25) is 0 Å². The first-order valence-corrected chi connectivity index (χ1v) is 24.7. The van der Waals surface area contributed by atoms with Gasteiger partial charge in [0.1, 0.15) is 13.2 Å². The van der Waals surface area contributed by atoms with E-state index in [0.29, 0.717) is 25.7 Å². The van der Waals surface area contributed by atoms with Crippen LogP contribution in [-0.2, 0) is 28.6 Å². The summed E-state index contributed by atoms with van der Waals surface area (Å²) in [6.45, 7) is 6.37. The summed E-state index contributed by atoms with van der Waals surface area (Å²) < 4.78 is 16.7. The third-order valence-corrected chi connectivity index (χ3v) is 10.0. The lowest BCUT2D eigenvalue weighted by atomic mass is 10.1. The number of esters is 3. The number of hydrogen-bond acceptors (Lipinski definition) is 6. The largest absolute Gasteiger partial charge is 0.462 e. The molecule has 346 valence electrons. The van der Waals surface area contributed by atoms with Gasteiger partial charge in [-0.1, -0.05) is 182 Å². The smallest absolute Gasteiger partial charge is 0.306 e. The van der Waals surface area contributed by atoms with Gasteiger partial charge in [-0.3, -0.25) is 14.4 Å². The van der Waals surface area contributed by atoms with Crippen LogP contribution < -0.4 is 0 Å². The van der Waals surface area contributed by atoms with Crippen molar-refractivity contribution in [2.75, 3.05) is 13.2 Å². The number of ether oxygens (including phenoxy) is 3. The van der Waals surface area contributed by atoms with Gasteiger partial charge >= 0.3 is 17.9 Å². The first-order chi connectivity index (χ1) is 30.0. The Kier molecular flexibility index (Phi) is 46.0. The van der Waals surface area contributed by atoms with Gasteiger partial charge in [0.25, 0.3) is 0 Å². The fraction of sp³-hybridized carbons (Fsp3) is 0.655. The number of allylic oxidation sites excluding steroid dienone is 16. The zero-order chi connectivity index (χ0) is 44.4. The van der Waals surface area contributed by atoms with E-state index in [9.17, 15) is 14.4 Å². The minimum Gasteiger partial charge on any atom is -0.462 e. The predicted octanol–water partition coefficient (Wildman–Crippen LogP) is 16.2. The van der Waals surface area contributed by atoms with Gasteiger partial charge in [-0.05, 0) is 109 Å². The molecule has 0 rings (SSSR count). The second-order valence-corrected chi connectivity index (χ2v) is 16.0. The molecular formula is C55H90O6. The van der Waals surface area contributed by atoms with Crippen molar-refractivity contribution in [1.29, 1.82) is 0 Å². The van der Waals surface area contributed by atoms with Crippen LogP contribution >= 0.6 is 0 Å². The van der Waals surface area contributed by atoms with Gasteiger partial charge < -0.3 is 14.2 Å². The second-order valence-electron chi connectivity index (χ2n) is 16.0. The Morgan fingerprint density at radius 3 is 1.15 bits per heavy atom. The highest BCUT2D eigenvalue weighted by atomic mass is 16.6. The zero-order valence-electron chi connectivity index (χ0n) is 39.4. The van der Waals surface area contributed by atoms with E-state index in [1.165, 1.54) is 70.6 Å². The third-order valence-electron chi connectivity index (χ3n) is 10.0. The van der Waals surface area contributed by atoms with Crippen LogP contribution in [0.4, 0.5) is 0 Å². The molecule has 6 nitrogen and oxygen atoms in total. The molecule has 0 amide bonds. The van der Waals surface area contributed by atoms with Gasteiger partial charge in [0, 0.05) is 19.3 Å². The SMILES string of the molecule is CC/C=C\C/C=C\C/C=C\C/C=C\CCCCC(=O)OC[C@H](COC(=O)CCCCCCC/C=C\CCCC)OC(=O)CCC/C=C\C/C=C\C/C=C\CCCCCCCC. The van der Waals surface area contributed by atoms with E-state index in [1.807, 2.05) is 0 Å². The van der Waals surface area contributed by atoms with Crippen LogP contribution in [0.3, 0.4) is 0 Å². The summed E-state index contributed by atoms with van der Waals surface area (Å²) in [5, 5.41) is 0. The van der Waals surface area contributed by atoms with Crippen LogP contribution in [0, 0.1) is 0 Å². The van der Waals surface area contributed by atoms with E-state index in [-0.39, 0.29) is 37.5 Å². The highest BCUT2D eigenvalue weighted by Crippen LogP contribution is 2.12. The van der Waals surface area contributed by atoms with E-state index >= 15 is 0 Å². The Balaban J connectivity index is 4.55. The van der Waals surface area contributed by atoms with Gasteiger partial charge in [0.05, 0.1) is 0 Å². The molecule has 0 aromatic rings. The standard InChI is InChI=1S/C55H90O6/c1-4-7-10-13-16-19-22-24-26-27-29-31-34-37-40-43-46-49-55(58)61-52(50-59-53(56)47-44-41-38-35-32-21-18-15-12-9-6-3)51-60-54(57)48-45-42-39-36-33-30-28-25-23-20-17-14-11-8-5-2/h8,11,15,17-18,20,24-26,28-29,31,33,36-37,40,52H,4-7,9-10,12-14,16,19,21-23,27,30,32,34-35,38-39,41-51H2,1-3H3/b11-8-,18-15-,20-17-,26-24-,28-25-,31-29-,36-33-,40-37-/t52-/m0/s1. The average molecular weight is 847 g/mol. The quantitative estimate of drug-likeness (QED) is 0.0263. The highest BCUT2D eigenvalue weighted by molar-refractivity contribution is 5.71. The third kappa shape index (κ3) is 47.2. The van der Waals surface area contributed by atoms with Crippen LogP contribution in [0.25, 0.3) is 0 Å². The molecule has 0 heterocycles. The van der Waals surface area contributed by atoms with E-state index in [1.54, 1.807) is 0 Å². The maximum atomic E-state index is 12.8. The molecular weight excluding hydrogens is 757 g/mol. The molecule has 0 radical (unpaired) electrons. The van der Waals surface area contributed by atoms with E-state index < -0.39 is 6.10 Å². The van der Waals surface area contributed by atoms with Gasteiger partial charge in [0.2, 0.25) is 0 Å². The number of carbonyl (C=O) groups excluding carboxylic acids is 3. The summed E-state index contributed by atoms with van der Waals surface area (Å²) in [6, 6.07) is 0. The summed E-state index contributed by atoms with van der Waals surface area (Å²) in [4.78, 5) is 37.8. The van der Waals surface area contributed by atoms with Crippen molar-refractivity contribution in [3.8, 4) is 0 Å². The molecule has 1 atom stereocenters. The molecule has 0 aromatic heterocycles. The van der Waals surface area contributed by atoms with Crippen molar-refractivity contribution >= 4 is 17.9 Å². The number of hydrogen-bond donors (Lipinski definition) is 0. The van der Waals surface area contributed by atoms with Gasteiger partial charge in [-0.25, -0.2) is 0 Å². The molecule has 0 fully saturated rings. The molecule has 0 aliphatic heterocycles. The minimum atomic E-state index is -0.823. The fourth-order valence-corrected chi connectivity index (χ4v) is 6.31. The summed E-state index contributed by atoms with van der Waals surface area (Å²) in [6.07, 6.45) is 64.0. The first-order valence-electron chi connectivity index (χ1n) is 24.7. The fourth-order valence-electron chi connectivity index (χ4n) is 6.31. The van der Waals surface area contributed by atoms with Crippen molar-refractivity contribution < 1.29 is 28.6 Å². The number of rotatable bonds is 43. The van der Waals surface area contributed by atoms with E-state index in [4.69, 9.17) is 14.2 Å². The summed E-state index contributed by atoms with van der Waals surface area (Å²) in [5.41, 5.74) is 0. The number of unbranched alkanes of at least 4 members (excludes halogenated alkanes) is 16. The maximum absolute atomic E-state index is 12.8. The Bertz CT molecular complexity index is 1250. The van der Waals surface area contributed by atoms with Crippen LogP contribution in [-0.4, -0.2) is 37.2 Å². The lowest BCUT2D eigenvalue weighted by Crippen LogP contribution is -2.30. The normalized spacial score (nSPS) is 12.9. The molecule has 61 heavy (non-hydrogen) atoms. The Hall–Kier alpha value is -3.67. The summed E-state index contributed by atoms with van der Waals surface area (Å²) in [7, 11) is 0. The molecule has 6 heteroatoms. The first kappa shape index (κ1) is 57.3. The lowest BCUT2D eigenvalue weighted by Gasteiger charge is -2.18. The predicted molar refractivity (Wildman–Crippen MR) is 260 cm³/mol. The average Bonchev–Trinajstić information content (AvgIpc) is 3.26. The monoisotopic (exact) mass is 847 g/mol. The zero-order valence-corrected chi connectivity index (χ0v) is 39.4. The van der Waals surface area contributed by atoms with Gasteiger partial charge in [0.15, 0.2) is 6.10 Å². The number of carbonyl (C=O) groups is 3. The molecule has 0 spiro atoms. The molecule has 0 unspecified atom stereocenters. The van der Waals surface area contributed by atoms with Gasteiger partial charge in [-0.2, -0.15) is 0 Å². The topological polar surface area (TPSA) is 78.9 Å². The van der Waals surface area contributed by atoms with Crippen molar-refractivity contribution in [2.45, 2.75) is 219 Å². The minimum absolute atomic E-state index is 0.117. The molecule has 0 aliphatic carbocycles. The lowest BCUT2D eigenvalue weighted by molar-refractivity contribution is -0.167. The molecule has 0 N–H and O–H groups in total. The molecule has 0 aromatic carbocycles. The van der Waals surface area contributed by atoms with E-state index in [0.717, 1.165) is 89.9 Å². The molecule has 0 saturated heterocycles. The van der Waals surface area contributed by atoms with E-state index in [2.05, 4.69) is 118 Å². The van der Waals surface area contributed by atoms with Crippen LogP contribution in [0.15, 0.2) is 97.2 Å². The molecule has 0 aliphatic rings. The summed E-state index contributed by atoms with van der Waals surface area (Å²) in [5.74, 6) is -1.03. The Morgan fingerprint density at radius 2 is 0.672 bits per heavy atom. The van der Waals surface area contributed by atoms with Crippen molar-refractivity contribution in [3.05, 3.63) is 97.2 Å². The van der Waals surface area contributed by atoms with Crippen LogP contribution in [0.1, 0.15) is 213 Å². The molecule has 0 bridgehead atoms. The van der Waals surface area contributed by atoms with Crippen molar-refractivity contribution in [2.24, 2.45) is 0 Å². The van der Waals surface area contributed by atoms with Crippen molar-refractivity contribution in [1.82, 2.24) is 0 Å². The summed E-state index contributed by atoms with van der Waals surface area (Å²) >= 11 is 0. The van der Waals surface area contributed by atoms with Crippen LogP contribution in [0.5, 0.6) is 0 Å². The van der Waals surface area contributed by atoms with Crippen molar-refractivity contribution in [3.63, 3.8) is 0 Å².